The second-order valence-corrected chi connectivity index (χ2v) is 6.94. The number of urea groups is 1. The van der Waals surface area contributed by atoms with Gasteiger partial charge in [-0.1, -0.05) is 48.5 Å². The number of fused-ring (bicyclic) bond motifs is 1. The van der Waals surface area contributed by atoms with Crippen molar-refractivity contribution in [1.82, 2.24) is 10.2 Å². The molecule has 0 saturated carbocycles. The number of halogens is 1. The number of carbonyl (C=O) groups excluding carboxylic acids is 3. The van der Waals surface area contributed by atoms with Crippen molar-refractivity contribution in [2.75, 3.05) is 6.54 Å². The van der Waals surface area contributed by atoms with E-state index in [2.05, 4.69) is 5.32 Å². The summed E-state index contributed by atoms with van der Waals surface area (Å²) >= 11 is 0. The first kappa shape index (κ1) is 17.9. The van der Waals surface area contributed by atoms with E-state index in [1.807, 2.05) is 36.4 Å². The molecule has 1 fully saturated rings. The number of rotatable bonds is 4. The SMILES string of the molecule is C[C@]1(c2ccc3ccccc3c2)NC(=O)N(CC(=O)c2cccc(F)c2)C1=O. The molecule has 1 atom stereocenters. The number of ketones is 1. The maximum Gasteiger partial charge on any atom is 0.325 e. The zero-order valence-electron chi connectivity index (χ0n) is 15.1. The van der Waals surface area contributed by atoms with E-state index in [0.29, 0.717) is 5.56 Å². The summed E-state index contributed by atoms with van der Waals surface area (Å²) in [5.74, 6) is -1.58. The summed E-state index contributed by atoms with van der Waals surface area (Å²) in [6.45, 7) is 1.17. The smallest absolute Gasteiger partial charge is 0.319 e. The van der Waals surface area contributed by atoms with Gasteiger partial charge in [-0.15, -0.1) is 0 Å². The second kappa shape index (κ2) is 6.56. The van der Waals surface area contributed by atoms with Crippen LogP contribution < -0.4 is 5.32 Å². The monoisotopic (exact) mass is 376 g/mol. The number of amides is 3. The lowest BCUT2D eigenvalue weighted by Gasteiger charge is -2.22. The fourth-order valence-corrected chi connectivity index (χ4v) is 3.43. The normalized spacial score (nSPS) is 19.1. The number of hydrogen-bond acceptors (Lipinski definition) is 3. The van der Waals surface area contributed by atoms with E-state index in [4.69, 9.17) is 0 Å². The predicted octanol–water partition coefficient (Wildman–Crippen LogP) is 3.63. The largest absolute Gasteiger partial charge is 0.325 e. The highest BCUT2D eigenvalue weighted by atomic mass is 19.1. The van der Waals surface area contributed by atoms with Gasteiger partial charge in [0, 0.05) is 5.56 Å². The molecule has 28 heavy (non-hydrogen) atoms. The van der Waals surface area contributed by atoms with E-state index in [9.17, 15) is 18.8 Å². The molecule has 0 unspecified atom stereocenters. The van der Waals surface area contributed by atoms with Gasteiger partial charge >= 0.3 is 6.03 Å². The van der Waals surface area contributed by atoms with Crippen molar-refractivity contribution >= 4 is 28.5 Å². The summed E-state index contributed by atoms with van der Waals surface area (Å²) < 4.78 is 13.4. The molecule has 140 valence electrons. The van der Waals surface area contributed by atoms with Gasteiger partial charge in [-0.05, 0) is 41.5 Å². The molecule has 1 aliphatic rings. The van der Waals surface area contributed by atoms with Crippen LogP contribution in [0.2, 0.25) is 0 Å². The standard InChI is InChI=1S/C22H17FN2O3/c1-22(17-10-9-14-5-2-3-6-15(14)11-17)20(27)25(21(28)24-22)13-19(26)16-7-4-8-18(23)12-16/h2-12H,13H2,1H3,(H,24,28)/t22-/m1/s1. The number of nitrogens with one attached hydrogen (secondary N) is 1. The van der Waals surface area contributed by atoms with Gasteiger partial charge in [0.05, 0.1) is 6.54 Å². The maximum atomic E-state index is 13.4. The fourth-order valence-electron chi connectivity index (χ4n) is 3.43. The molecular weight excluding hydrogens is 359 g/mol. The van der Waals surface area contributed by atoms with E-state index in [0.717, 1.165) is 21.7 Å². The minimum Gasteiger partial charge on any atom is -0.319 e. The molecule has 0 radical (unpaired) electrons. The van der Waals surface area contributed by atoms with E-state index < -0.39 is 35.6 Å². The van der Waals surface area contributed by atoms with Crippen LogP contribution in [0.1, 0.15) is 22.8 Å². The highest BCUT2D eigenvalue weighted by molar-refractivity contribution is 6.11. The first-order valence-electron chi connectivity index (χ1n) is 8.81. The van der Waals surface area contributed by atoms with E-state index in [1.165, 1.54) is 18.2 Å². The molecule has 1 aliphatic heterocycles. The van der Waals surface area contributed by atoms with Gasteiger partial charge in [-0.25, -0.2) is 9.18 Å². The van der Waals surface area contributed by atoms with Crippen LogP contribution in [0.3, 0.4) is 0 Å². The molecule has 0 spiro atoms. The highest BCUT2D eigenvalue weighted by Gasteiger charge is 2.49. The first-order chi connectivity index (χ1) is 13.4. The third-order valence-electron chi connectivity index (χ3n) is 5.05. The zero-order chi connectivity index (χ0) is 19.9. The predicted molar refractivity (Wildman–Crippen MR) is 102 cm³/mol. The van der Waals surface area contributed by atoms with Crippen LogP contribution in [0, 0.1) is 5.82 Å². The second-order valence-electron chi connectivity index (χ2n) is 6.94. The molecule has 0 aliphatic carbocycles. The highest BCUT2D eigenvalue weighted by Crippen LogP contribution is 2.31. The Morgan fingerprint density at radius 3 is 2.50 bits per heavy atom. The van der Waals surface area contributed by atoms with Crippen LogP contribution >= 0.6 is 0 Å². The molecule has 4 rings (SSSR count). The van der Waals surface area contributed by atoms with Crippen LogP contribution in [0.15, 0.2) is 66.7 Å². The molecule has 1 N–H and O–H groups in total. The van der Waals surface area contributed by atoms with E-state index in [-0.39, 0.29) is 5.56 Å². The number of Topliss-reactive ketones (excluding diaryl/α,β-unsaturated/α-hetero) is 1. The minimum atomic E-state index is -1.27. The number of carbonyl (C=O) groups is 3. The molecule has 0 bridgehead atoms. The van der Waals surface area contributed by atoms with Gasteiger partial charge in [0.1, 0.15) is 11.4 Å². The maximum absolute atomic E-state index is 13.4. The summed E-state index contributed by atoms with van der Waals surface area (Å²) in [6.07, 6.45) is 0. The average Bonchev–Trinajstić information content (AvgIpc) is 2.91. The van der Waals surface area contributed by atoms with Crippen LogP contribution in [0.4, 0.5) is 9.18 Å². The van der Waals surface area contributed by atoms with Crippen molar-refractivity contribution in [1.29, 1.82) is 0 Å². The lowest BCUT2D eigenvalue weighted by atomic mass is 9.90. The Hall–Kier alpha value is -3.54. The molecule has 3 aromatic carbocycles. The molecule has 6 heteroatoms. The molecular formula is C22H17FN2O3. The molecule has 1 heterocycles. The summed E-state index contributed by atoms with van der Waals surface area (Å²) in [5.41, 5.74) is -0.534. The van der Waals surface area contributed by atoms with E-state index >= 15 is 0 Å². The van der Waals surface area contributed by atoms with Crippen molar-refractivity contribution in [3.05, 3.63) is 83.7 Å². The summed E-state index contributed by atoms with van der Waals surface area (Å²) in [5, 5.41) is 4.65. The molecule has 1 saturated heterocycles. The quantitative estimate of drug-likeness (QED) is 0.559. The van der Waals surface area contributed by atoms with Crippen LogP contribution in [-0.2, 0) is 10.3 Å². The van der Waals surface area contributed by atoms with Crippen molar-refractivity contribution in [3.63, 3.8) is 0 Å². The minimum absolute atomic E-state index is 0.111. The van der Waals surface area contributed by atoms with E-state index in [1.54, 1.807) is 13.0 Å². The van der Waals surface area contributed by atoms with Crippen LogP contribution in [-0.4, -0.2) is 29.2 Å². The first-order valence-corrected chi connectivity index (χ1v) is 8.81. The topological polar surface area (TPSA) is 66.5 Å². The average molecular weight is 376 g/mol. The Morgan fingerprint density at radius 1 is 1.00 bits per heavy atom. The van der Waals surface area contributed by atoms with Crippen molar-refractivity contribution in [2.24, 2.45) is 0 Å². The van der Waals surface area contributed by atoms with Crippen LogP contribution in [0.25, 0.3) is 10.8 Å². The van der Waals surface area contributed by atoms with Gasteiger partial charge in [-0.2, -0.15) is 0 Å². The molecule has 3 amide bonds. The van der Waals surface area contributed by atoms with Gasteiger partial charge in [0.15, 0.2) is 5.78 Å². The molecule has 5 nitrogen and oxygen atoms in total. The van der Waals surface area contributed by atoms with Gasteiger partial charge in [0.2, 0.25) is 0 Å². The molecule has 0 aromatic heterocycles. The Labute approximate surface area is 160 Å². The lowest BCUT2D eigenvalue weighted by molar-refractivity contribution is -0.130. The van der Waals surface area contributed by atoms with Crippen molar-refractivity contribution in [2.45, 2.75) is 12.5 Å². The van der Waals surface area contributed by atoms with Gasteiger partial charge in [-0.3, -0.25) is 14.5 Å². The number of hydrogen-bond donors (Lipinski definition) is 1. The lowest BCUT2D eigenvalue weighted by Crippen LogP contribution is -2.41. The Balaban J connectivity index is 1.63. The molecule has 3 aromatic rings. The summed E-state index contributed by atoms with van der Waals surface area (Å²) in [6, 6.07) is 17.8. The number of benzene rings is 3. The summed E-state index contributed by atoms with van der Waals surface area (Å²) in [7, 11) is 0. The number of imide groups is 1. The third-order valence-corrected chi connectivity index (χ3v) is 5.05. The summed E-state index contributed by atoms with van der Waals surface area (Å²) in [4.78, 5) is 38.8. The van der Waals surface area contributed by atoms with Crippen molar-refractivity contribution < 1.29 is 18.8 Å². The van der Waals surface area contributed by atoms with Crippen LogP contribution in [0.5, 0.6) is 0 Å². The van der Waals surface area contributed by atoms with Crippen molar-refractivity contribution in [3.8, 4) is 0 Å². The third kappa shape index (κ3) is 2.93. The van der Waals surface area contributed by atoms with Gasteiger partial charge < -0.3 is 5.32 Å². The fraction of sp³-hybridized carbons (Fsp3) is 0.136. The Kier molecular flexibility index (Phi) is 4.19. The number of nitrogens with zero attached hydrogens (tertiary/aromatic N) is 1. The zero-order valence-corrected chi connectivity index (χ0v) is 15.1. The van der Waals surface area contributed by atoms with Gasteiger partial charge in [0.25, 0.3) is 5.91 Å². The Bertz CT molecular complexity index is 1130. The Morgan fingerprint density at radius 2 is 1.75 bits per heavy atom.